The molecule has 134 valence electrons. The molecule has 0 unspecified atom stereocenters. The van der Waals surface area contributed by atoms with Crippen LogP contribution in [0, 0.1) is 6.92 Å². The van der Waals surface area contributed by atoms with Crippen LogP contribution in [-0.4, -0.2) is 32.3 Å². The van der Waals surface area contributed by atoms with E-state index in [0.717, 1.165) is 16.8 Å². The molecule has 0 saturated carbocycles. The normalized spacial score (nSPS) is 10.7. The summed E-state index contributed by atoms with van der Waals surface area (Å²) in [5, 5.41) is 15.1. The maximum Gasteiger partial charge on any atom is 0.262 e. The average molecular weight is 359 g/mol. The first kappa shape index (κ1) is 16.7. The number of hydrogen-bond donors (Lipinski definition) is 1. The molecule has 1 N–H and O–H groups in total. The van der Waals surface area contributed by atoms with Crippen molar-refractivity contribution in [1.82, 2.24) is 19.8 Å². The van der Waals surface area contributed by atoms with E-state index >= 15 is 0 Å². The van der Waals surface area contributed by atoms with Gasteiger partial charge in [0.2, 0.25) is 0 Å². The minimum atomic E-state index is -0.227. The van der Waals surface area contributed by atoms with Crippen LogP contribution in [-0.2, 0) is 4.79 Å². The number of ether oxygens (including phenoxy) is 1. The Morgan fingerprint density at radius 1 is 1.11 bits per heavy atom. The van der Waals surface area contributed by atoms with Crippen molar-refractivity contribution in [3.05, 3.63) is 72.6 Å². The molecular weight excluding hydrogens is 342 g/mol. The summed E-state index contributed by atoms with van der Waals surface area (Å²) in [6, 6.07) is 18.8. The lowest BCUT2D eigenvalue weighted by atomic mass is 10.1. The van der Waals surface area contributed by atoms with Crippen LogP contribution in [0.15, 0.2) is 67.0 Å². The van der Waals surface area contributed by atoms with E-state index in [2.05, 4.69) is 20.6 Å². The number of anilines is 1. The van der Waals surface area contributed by atoms with Crippen LogP contribution in [0.2, 0.25) is 0 Å². The van der Waals surface area contributed by atoms with E-state index in [9.17, 15) is 4.79 Å². The molecule has 4 aromatic rings. The second kappa shape index (κ2) is 7.25. The van der Waals surface area contributed by atoms with Crippen molar-refractivity contribution in [3.63, 3.8) is 0 Å². The van der Waals surface area contributed by atoms with E-state index in [1.807, 2.05) is 67.6 Å². The van der Waals surface area contributed by atoms with Crippen LogP contribution in [0.4, 0.5) is 5.69 Å². The van der Waals surface area contributed by atoms with Gasteiger partial charge < -0.3 is 10.1 Å². The molecule has 0 atom stereocenters. The SMILES string of the molecule is Cc1ccc(OCC(=O)Nc2cccc(-c3ccc4nncn4n3)c2)cc1. The molecule has 2 aromatic heterocycles. The Bertz CT molecular complexity index is 1090. The van der Waals surface area contributed by atoms with Crippen LogP contribution in [0.1, 0.15) is 5.56 Å². The smallest absolute Gasteiger partial charge is 0.262 e. The number of nitrogens with zero attached hydrogens (tertiary/aromatic N) is 4. The number of rotatable bonds is 5. The van der Waals surface area contributed by atoms with Crippen molar-refractivity contribution < 1.29 is 9.53 Å². The van der Waals surface area contributed by atoms with Crippen molar-refractivity contribution in [2.24, 2.45) is 0 Å². The first-order chi connectivity index (χ1) is 13.2. The highest BCUT2D eigenvalue weighted by Crippen LogP contribution is 2.21. The van der Waals surface area contributed by atoms with Gasteiger partial charge in [0.1, 0.15) is 12.1 Å². The lowest BCUT2D eigenvalue weighted by Crippen LogP contribution is -2.20. The molecule has 0 aliphatic heterocycles. The summed E-state index contributed by atoms with van der Waals surface area (Å²) in [6.07, 6.45) is 1.55. The fraction of sp³-hybridized carbons (Fsp3) is 0.100. The molecule has 7 nitrogen and oxygen atoms in total. The highest BCUT2D eigenvalue weighted by atomic mass is 16.5. The Hall–Kier alpha value is -3.74. The first-order valence-electron chi connectivity index (χ1n) is 8.44. The number of aryl methyl sites for hydroxylation is 1. The minimum Gasteiger partial charge on any atom is -0.484 e. The maximum atomic E-state index is 12.2. The van der Waals surface area contributed by atoms with Crippen molar-refractivity contribution in [2.45, 2.75) is 6.92 Å². The number of hydrogen-bond acceptors (Lipinski definition) is 5. The number of fused-ring (bicyclic) bond motifs is 1. The number of aromatic nitrogens is 4. The van der Waals surface area contributed by atoms with E-state index in [1.54, 1.807) is 10.8 Å². The lowest BCUT2D eigenvalue weighted by molar-refractivity contribution is -0.118. The highest BCUT2D eigenvalue weighted by molar-refractivity contribution is 5.92. The standard InChI is InChI=1S/C20H17N5O2/c1-14-5-7-17(8-6-14)27-12-20(26)22-16-4-2-3-15(11-16)18-9-10-19-23-21-13-25(19)24-18/h2-11,13H,12H2,1H3,(H,22,26). The van der Waals surface area contributed by atoms with Crippen LogP contribution >= 0.6 is 0 Å². The van der Waals surface area contributed by atoms with E-state index in [0.29, 0.717) is 17.1 Å². The largest absolute Gasteiger partial charge is 0.484 e. The molecule has 0 bridgehead atoms. The molecule has 0 saturated heterocycles. The van der Waals surface area contributed by atoms with Crippen LogP contribution in [0.25, 0.3) is 16.9 Å². The van der Waals surface area contributed by atoms with Crippen molar-refractivity contribution in [2.75, 3.05) is 11.9 Å². The molecule has 0 radical (unpaired) electrons. The minimum absolute atomic E-state index is 0.0573. The summed E-state index contributed by atoms with van der Waals surface area (Å²) < 4.78 is 7.11. The van der Waals surface area contributed by atoms with Crippen LogP contribution in [0.5, 0.6) is 5.75 Å². The van der Waals surface area contributed by atoms with Gasteiger partial charge in [-0.1, -0.05) is 29.8 Å². The molecule has 4 rings (SSSR count). The number of carbonyl (C=O) groups is 1. The number of benzene rings is 2. The van der Waals surface area contributed by atoms with Crippen molar-refractivity contribution in [3.8, 4) is 17.0 Å². The molecule has 2 heterocycles. The summed E-state index contributed by atoms with van der Waals surface area (Å²) in [5.41, 5.74) is 4.13. The Kier molecular flexibility index (Phi) is 4.49. The monoisotopic (exact) mass is 359 g/mol. The number of amides is 1. The fourth-order valence-corrected chi connectivity index (χ4v) is 2.62. The fourth-order valence-electron chi connectivity index (χ4n) is 2.62. The second-order valence-corrected chi connectivity index (χ2v) is 6.08. The van der Waals surface area contributed by atoms with E-state index in [4.69, 9.17) is 4.74 Å². The highest BCUT2D eigenvalue weighted by Gasteiger charge is 2.07. The molecule has 7 heteroatoms. The molecule has 2 aromatic carbocycles. The molecule has 0 aliphatic carbocycles. The molecular formula is C20H17N5O2. The summed E-state index contributed by atoms with van der Waals surface area (Å²) >= 11 is 0. The maximum absolute atomic E-state index is 12.2. The third kappa shape index (κ3) is 3.92. The second-order valence-electron chi connectivity index (χ2n) is 6.08. The van der Waals surface area contributed by atoms with Gasteiger partial charge in [-0.3, -0.25) is 4.79 Å². The average Bonchev–Trinajstić information content (AvgIpc) is 3.15. The first-order valence-corrected chi connectivity index (χ1v) is 8.44. The molecule has 1 amide bonds. The van der Waals surface area contributed by atoms with Gasteiger partial charge in [-0.25, -0.2) is 0 Å². The quantitative estimate of drug-likeness (QED) is 0.592. The zero-order chi connectivity index (χ0) is 18.6. The van der Waals surface area contributed by atoms with Gasteiger partial charge in [0.25, 0.3) is 5.91 Å². The van der Waals surface area contributed by atoms with E-state index in [-0.39, 0.29) is 12.5 Å². The van der Waals surface area contributed by atoms with Crippen LogP contribution < -0.4 is 10.1 Å². The summed E-state index contributed by atoms with van der Waals surface area (Å²) in [5.74, 6) is 0.436. The molecule has 0 aliphatic rings. The Morgan fingerprint density at radius 3 is 2.81 bits per heavy atom. The zero-order valence-corrected chi connectivity index (χ0v) is 14.7. The third-order valence-electron chi connectivity index (χ3n) is 3.99. The van der Waals surface area contributed by atoms with Gasteiger partial charge >= 0.3 is 0 Å². The number of nitrogens with one attached hydrogen (secondary N) is 1. The van der Waals surface area contributed by atoms with Gasteiger partial charge in [0, 0.05) is 11.3 Å². The molecule has 0 spiro atoms. The lowest BCUT2D eigenvalue weighted by Gasteiger charge is -2.09. The van der Waals surface area contributed by atoms with Gasteiger partial charge in [0.05, 0.1) is 5.69 Å². The topological polar surface area (TPSA) is 81.4 Å². The Labute approximate surface area is 155 Å². The van der Waals surface area contributed by atoms with Gasteiger partial charge in [-0.2, -0.15) is 9.61 Å². The van der Waals surface area contributed by atoms with E-state index < -0.39 is 0 Å². The van der Waals surface area contributed by atoms with Gasteiger partial charge in [-0.15, -0.1) is 10.2 Å². The van der Waals surface area contributed by atoms with Crippen molar-refractivity contribution >= 4 is 17.2 Å². The van der Waals surface area contributed by atoms with Gasteiger partial charge in [-0.05, 0) is 43.3 Å². The van der Waals surface area contributed by atoms with Gasteiger partial charge in [0.15, 0.2) is 12.3 Å². The molecule has 27 heavy (non-hydrogen) atoms. The Morgan fingerprint density at radius 2 is 1.96 bits per heavy atom. The number of carbonyl (C=O) groups excluding carboxylic acids is 1. The predicted octanol–water partition coefficient (Wildman–Crippen LogP) is 3.12. The van der Waals surface area contributed by atoms with E-state index in [1.165, 1.54) is 0 Å². The summed E-state index contributed by atoms with van der Waals surface area (Å²) in [4.78, 5) is 12.2. The zero-order valence-electron chi connectivity index (χ0n) is 14.7. The van der Waals surface area contributed by atoms with Crippen LogP contribution in [0.3, 0.4) is 0 Å². The summed E-state index contributed by atoms with van der Waals surface area (Å²) in [7, 11) is 0. The Balaban J connectivity index is 1.44. The third-order valence-corrected chi connectivity index (χ3v) is 3.99. The van der Waals surface area contributed by atoms with Crippen molar-refractivity contribution in [1.29, 1.82) is 0 Å². The summed E-state index contributed by atoms with van der Waals surface area (Å²) in [6.45, 7) is 1.94. The predicted molar refractivity (Wildman–Crippen MR) is 102 cm³/mol. The molecule has 0 fully saturated rings.